The summed E-state index contributed by atoms with van der Waals surface area (Å²) in [5.74, 6) is 0. The molecule has 23 heavy (non-hydrogen) atoms. The van der Waals surface area contributed by atoms with Gasteiger partial charge < -0.3 is 0 Å². The molecule has 0 saturated heterocycles. The lowest BCUT2D eigenvalue weighted by Gasteiger charge is -2.26. The van der Waals surface area contributed by atoms with Crippen LogP contribution < -0.4 is 0 Å². The second-order valence-electron chi connectivity index (χ2n) is 5.11. The fourth-order valence-corrected chi connectivity index (χ4v) is 4.15. The summed E-state index contributed by atoms with van der Waals surface area (Å²) in [5, 5.41) is 7.42. The van der Waals surface area contributed by atoms with E-state index >= 15 is 0 Å². The van der Waals surface area contributed by atoms with Gasteiger partial charge in [-0.3, -0.25) is 4.98 Å². The van der Waals surface area contributed by atoms with Gasteiger partial charge in [0.15, 0.2) is 5.52 Å². The van der Waals surface area contributed by atoms with Crippen molar-refractivity contribution in [2.45, 2.75) is 24.3 Å². The Morgan fingerprint density at radius 2 is 1.91 bits per heavy atom. The second kappa shape index (κ2) is 6.05. The van der Waals surface area contributed by atoms with Crippen LogP contribution in [0.3, 0.4) is 0 Å². The maximum Gasteiger partial charge on any atom is 0.245 e. The van der Waals surface area contributed by atoms with E-state index in [1.54, 1.807) is 31.6 Å². The highest BCUT2D eigenvalue weighted by atomic mass is 32.2. The average molecular weight is 332 g/mol. The van der Waals surface area contributed by atoms with Crippen LogP contribution in [0.15, 0.2) is 52.3 Å². The molecule has 0 saturated carbocycles. The quantitative estimate of drug-likeness (QED) is 0.712. The Labute approximate surface area is 134 Å². The van der Waals surface area contributed by atoms with Crippen LogP contribution in [0.5, 0.6) is 0 Å². The van der Waals surface area contributed by atoms with E-state index in [1.807, 2.05) is 19.1 Å². The third kappa shape index (κ3) is 2.71. The van der Waals surface area contributed by atoms with E-state index in [2.05, 4.69) is 19.9 Å². The number of rotatable bonds is 5. The van der Waals surface area contributed by atoms with Crippen LogP contribution in [0.2, 0.25) is 0 Å². The summed E-state index contributed by atoms with van der Waals surface area (Å²) in [4.78, 5) is 4.07. The summed E-state index contributed by atoms with van der Waals surface area (Å²) in [7, 11) is -2.18. The summed E-state index contributed by atoms with van der Waals surface area (Å²) >= 11 is 0. The Kier molecular flexibility index (Phi) is 4.10. The monoisotopic (exact) mass is 332 g/mol. The predicted molar refractivity (Wildman–Crippen MR) is 84.0 cm³/mol. The molecule has 0 unspecified atom stereocenters. The van der Waals surface area contributed by atoms with Gasteiger partial charge >= 0.3 is 0 Å². The maximum atomic E-state index is 13.0. The third-order valence-corrected chi connectivity index (χ3v) is 5.72. The summed E-state index contributed by atoms with van der Waals surface area (Å²) in [6.45, 7) is 1.94. The van der Waals surface area contributed by atoms with Gasteiger partial charge in [-0.25, -0.2) is 13.0 Å². The fourth-order valence-electron chi connectivity index (χ4n) is 2.60. The average Bonchev–Trinajstić information content (AvgIpc) is 3.04. The predicted octanol–water partition coefficient (Wildman–Crippen LogP) is 2.39. The van der Waals surface area contributed by atoms with Gasteiger partial charge in [0, 0.05) is 25.5 Å². The smallest absolute Gasteiger partial charge is 0.245 e. The highest BCUT2D eigenvalue weighted by Crippen LogP contribution is 2.30. The molecular weight excluding hydrogens is 316 g/mol. The zero-order chi connectivity index (χ0) is 16.4. The molecule has 0 fully saturated rings. The van der Waals surface area contributed by atoms with E-state index in [-0.39, 0.29) is 16.5 Å². The zero-order valence-corrected chi connectivity index (χ0v) is 13.6. The van der Waals surface area contributed by atoms with Crippen molar-refractivity contribution >= 4 is 21.1 Å². The minimum Gasteiger partial charge on any atom is -0.265 e. The molecule has 3 rings (SSSR count). The minimum absolute atomic E-state index is 0.0891. The second-order valence-corrected chi connectivity index (χ2v) is 7.08. The normalized spacial score (nSPS) is 13.5. The fraction of sp³-hybridized carbons (Fsp3) is 0.267. The van der Waals surface area contributed by atoms with Gasteiger partial charge in [0.2, 0.25) is 10.0 Å². The molecule has 0 aliphatic heterocycles. The van der Waals surface area contributed by atoms with Crippen molar-refractivity contribution in [1.29, 1.82) is 0 Å². The van der Waals surface area contributed by atoms with Gasteiger partial charge in [0.1, 0.15) is 10.4 Å². The van der Waals surface area contributed by atoms with Gasteiger partial charge in [0.25, 0.3) is 0 Å². The number of benzene rings is 1. The van der Waals surface area contributed by atoms with Crippen LogP contribution in [0.1, 0.15) is 24.9 Å². The number of hydrogen-bond donors (Lipinski definition) is 0. The minimum atomic E-state index is -3.74. The number of nitrogens with zero attached hydrogens (tertiary/aromatic N) is 4. The maximum absolute atomic E-state index is 13.0. The standard InChI is InChI=1S/C15H16N4O3S/c1-3-13(11-7-9-16-10-8-11)19(2)23(20,21)14-6-4-5-12-15(14)18-22-17-12/h4-10,13H,3H2,1-2H3/t13-/m1/s1. The van der Waals surface area contributed by atoms with Crippen molar-refractivity contribution in [3.05, 3.63) is 48.3 Å². The van der Waals surface area contributed by atoms with Crippen molar-refractivity contribution in [3.63, 3.8) is 0 Å². The van der Waals surface area contributed by atoms with Crippen LogP contribution in [-0.2, 0) is 10.0 Å². The van der Waals surface area contributed by atoms with E-state index in [9.17, 15) is 8.42 Å². The van der Waals surface area contributed by atoms with Gasteiger partial charge in [-0.05, 0) is 46.6 Å². The molecule has 0 aliphatic rings. The molecule has 2 heterocycles. The van der Waals surface area contributed by atoms with Crippen LogP contribution in [0.4, 0.5) is 0 Å². The van der Waals surface area contributed by atoms with Crippen molar-refractivity contribution < 1.29 is 13.0 Å². The first-order valence-electron chi connectivity index (χ1n) is 7.15. The van der Waals surface area contributed by atoms with E-state index in [0.29, 0.717) is 11.9 Å². The number of aromatic nitrogens is 3. The molecule has 2 aromatic heterocycles. The Hall–Kier alpha value is -2.32. The summed E-state index contributed by atoms with van der Waals surface area (Å²) in [6.07, 6.45) is 3.94. The molecule has 8 heteroatoms. The molecule has 120 valence electrons. The van der Waals surface area contributed by atoms with Crippen molar-refractivity contribution in [1.82, 2.24) is 19.6 Å². The molecule has 1 atom stereocenters. The lowest BCUT2D eigenvalue weighted by atomic mass is 10.1. The number of fused-ring (bicyclic) bond motifs is 1. The Morgan fingerprint density at radius 3 is 2.61 bits per heavy atom. The Balaban J connectivity index is 2.06. The van der Waals surface area contributed by atoms with E-state index in [4.69, 9.17) is 0 Å². The summed E-state index contributed by atoms with van der Waals surface area (Å²) < 4.78 is 32.1. The molecule has 0 spiro atoms. The first-order valence-corrected chi connectivity index (χ1v) is 8.59. The molecule has 0 N–H and O–H groups in total. The molecule has 0 amide bonds. The molecule has 1 aromatic carbocycles. The topological polar surface area (TPSA) is 89.2 Å². The van der Waals surface area contributed by atoms with Gasteiger partial charge in [-0.15, -0.1) is 0 Å². The first-order chi connectivity index (χ1) is 11.1. The van der Waals surface area contributed by atoms with Gasteiger partial charge in [-0.2, -0.15) is 4.31 Å². The Morgan fingerprint density at radius 1 is 1.17 bits per heavy atom. The molecule has 0 radical (unpaired) electrons. The van der Waals surface area contributed by atoms with Gasteiger partial charge in [-0.1, -0.05) is 13.0 Å². The van der Waals surface area contributed by atoms with Crippen LogP contribution in [0, 0.1) is 0 Å². The Bertz CT molecular complexity index is 909. The van der Waals surface area contributed by atoms with Crippen molar-refractivity contribution in [3.8, 4) is 0 Å². The highest BCUT2D eigenvalue weighted by Gasteiger charge is 2.30. The molecule has 3 aromatic rings. The number of hydrogen-bond acceptors (Lipinski definition) is 6. The van der Waals surface area contributed by atoms with Gasteiger partial charge in [0.05, 0.1) is 0 Å². The molecule has 0 bridgehead atoms. The molecule has 0 aliphatic carbocycles. The van der Waals surface area contributed by atoms with E-state index in [0.717, 1.165) is 5.56 Å². The van der Waals surface area contributed by atoms with E-state index in [1.165, 1.54) is 10.4 Å². The molecular formula is C15H16N4O3S. The highest BCUT2D eigenvalue weighted by molar-refractivity contribution is 7.89. The van der Waals surface area contributed by atoms with Crippen molar-refractivity contribution in [2.24, 2.45) is 0 Å². The number of sulfonamides is 1. The van der Waals surface area contributed by atoms with Crippen LogP contribution in [0.25, 0.3) is 11.0 Å². The van der Waals surface area contributed by atoms with Crippen molar-refractivity contribution in [2.75, 3.05) is 7.05 Å². The largest absolute Gasteiger partial charge is 0.265 e. The lowest BCUT2D eigenvalue weighted by Crippen LogP contribution is -2.31. The first kappa shape index (κ1) is 15.6. The van der Waals surface area contributed by atoms with Crippen LogP contribution >= 0.6 is 0 Å². The third-order valence-electron chi connectivity index (χ3n) is 3.82. The summed E-state index contributed by atoms with van der Waals surface area (Å²) in [6, 6.07) is 8.14. The zero-order valence-electron chi connectivity index (χ0n) is 12.7. The lowest BCUT2D eigenvalue weighted by molar-refractivity contribution is 0.314. The molecule has 7 nitrogen and oxygen atoms in total. The van der Waals surface area contributed by atoms with E-state index < -0.39 is 10.0 Å². The van der Waals surface area contributed by atoms with Crippen LogP contribution in [-0.4, -0.2) is 35.1 Å². The summed E-state index contributed by atoms with van der Waals surface area (Å²) in [5.41, 5.74) is 1.54. The number of pyridine rings is 1. The SMILES string of the molecule is CC[C@H](c1ccncc1)N(C)S(=O)(=O)c1cccc2nonc12.